The van der Waals surface area contributed by atoms with E-state index in [1.165, 1.54) is 6.08 Å². The Labute approximate surface area is 103 Å². The minimum atomic E-state index is 0.00229. The van der Waals surface area contributed by atoms with Gasteiger partial charge in [-0.15, -0.1) is 0 Å². The minimum absolute atomic E-state index is 0.00229. The van der Waals surface area contributed by atoms with Crippen molar-refractivity contribution >= 4 is 21.8 Å². The molecule has 0 spiro atoms. The molecule has 0 saturated carbocycles. The third-order valence-electron chi connectivity index (χ3n) is 2.82. The van der Waals surface area contributed by atoms with E-state index >= 15 is 0 Å². The molecule has 1 aromatic heterocycles. The van der Waals surface area contributed by atoms with E-state index < -0.39 is 0 Å². The van der Waals surface area contributed by atoms with Crippen LogP contribution in [0.4, 0.5) is 0 Å². The lowest BCUT2D eigenvalue weighted by Crippen LogP contribution is -2.28. The van der Waals surface area contributed by atoms with Crippen LogP contribution < -0.4 is 0 Å². The summed E-state index contributed by atoms with van der Waals surface area (Å²) in [4.78, 5) is 17.7. The van der Waals surface area contributed by atoms with Crippen molar-refractivity contribution in [3.05, 3.63) is 41.2 Å². The fraction of sp³-hybridized carbons (Fsp3) is 0.333. The van der Waals surface area contributed by atoms with Crippen molar-refractivity contribution in [2.24, 2.45) is 0 Å². The van der Waals surface area contributed by atoms with E-state index in [2.05, 4.69) is 27.5 Å². The van der Waals surface area contributed by atoms with E-state index in [1.807, 2.05) is 17.2 Å². The second-order valence-electron chi connectivity index (χ2n) is 3.83. The van der Waals surface area contributed by atoms with E-state index in [9.17, 15) is 4.79 Å². The molecule has 16 heavy (non-hydrogen) atoms. The Morgan fingerprint density at radius 2 is 2.44 bits per heavy atom. The number of halogens is 1. The van der Waals surface area contributed by atoms with Gasteiger partial charge in [-0.3, -0.25) is 9.78 Å². The third-order valence-corrected chi connectivity index (χ3v) is 3.25. The lowest BCUT2D eigenvalue weighted by atomic mass is 10.1. The highest BCUT2D eigenvalue weighted by Gasteiger charge is 2.28. The molecule has 4 heteroatoms. The normalized spacial score (nSPS) is 19.8. The van der Waals surface area contributed by atoms with Crippen LogP contribution in [0.15, 0.2) is 35.6 Å². The molecule has 1 atom stereocenters. The lowest BCUT2D eigenvalue weighted by molar-refractivity contribution is -0.126. The molecule has 1 aromatic rings. The SMILES string of the molecule is C=CC(=O)N1CCCC1c1cncc(Br)c1. The molecule has 1 amide bonds. The topological polar surface area (TPSA) is 33.2 Å². The van der Waals surface area contributed by atoms with Gasteiger partial charge in [-0.25, -0.2) is 0 Å². The summed E-state index contributed by atoms with van der Waals surface area (Å²) in [5.74, 6) is 0.00229. The summed E-state index contributed by atoms with van der Waals surface area (Å²) < 4.78 is 0.947. The first-order chi connectivity index (χ1) is 7.72. The summed E-state index contributed by atoms with van der Waals surface area (Å²) in [6, 6.07) is 2.17. The molecule has 2 rings (SSSR count). The predicted molar refractivity (Wildman–Crippen MR) is 65.8 cm³/mol. The number of likely N-dealkylation sites (tertiary alicyclic amines) is 1. The van der Waals surface area contributed by atoms with Gasteiger partial charge in [-0.1, -0.05) is 6.58 Å². The van der Waals surface area contributed by atoms with Gasteiger partial charge in [0.1, 0.15) is 0 Å². The Kier molecular flexibility index (Phi) is 3.39. The molecule has 1 aliphatic heterocycles. The van der Waals surface area contributed by atoms with Crippen molar-refractivity contribution in [3.8, 4) is 0 Å². The van der Waals surface area contributed by atoms with Gasteiger partial charge in [0, 0.05) is 23.4 Å². The Balaban J connectivity index is 2.26. The third kappa shape index (κ3) is 2.16. The van der Waals surface area contributed by atoms with Crippen LogP contribution in [0.1, 0.15) is 24.4 Å². The highest BCUT2D eigenvalue weighted by Crippen LogP contribution is 2.32. The largest absolute Gasteiger partial charge is 0.332 e. The second kappa shape index (κ2) is 4.78. The number of hydrogen-bond donors (Lipinski definition) is 0. The van der Waals surface area contributed by atoms with Crippen LogP contribution in [0.2, 0.25) is 0 Å². The maximum absolute atomic E-state index is 11.7. The van der Waals surface area contributed by atoms with Crippen LogP contribution in [0.25, 0.3) is 0 Å². The molecule has 3 nitrogen and oxygen atoms in total. The van der Waals surface area contributed by atoms with Gasteiger partial charge in [0.15, 0.2) is 0 Å². The van der Waals surface area contributed by atoms with Crippen molar-refractivity contribution in [2.45, 2.75) is 18.9 Å². The van der Waals surface area contributed by atoms with Crippen molar-refractivity contribution in [2.75, 3.05) is 6.54 Å². The average molecular weight is 281 g/mol. The molecule has 0 radical (unpaired) electrons. The minimum Gasteiger partial charge on any atom is -0.332 e. The maximum atomic E-state index is 11.7. The van der Waals surface area contributed by atoms with Gasteiger partial charge in [-0.05, 0) is 46.5 Å². The number of carbonyl (C=O) groups excluding carboxylic acids is 1. The first-order valence-corrected chi connectivity index (χ1v) is 6.05. The Morgan fingerprint density at radius 3 is 3.12 bits per heavy atom. The van der Waals surface area contributed by atoms with Gasteiger partial charge in [0.25, 0.3) is 0 Å². The lowest BCUT2D eigenvalue weighted by Gasteiger charge is -2.23. The highest BCUT2D eigenvalue weighted by atomic mass is 79.9. The van der Waals surface area contributed by atoms with Gasteiger partial charge in [0.05, 0.1) is 6.04 Å². The maximum Gasteiger partial charge on any atom is 0.246 e. The molecule has 2 heterocycles. The van der Waals surface area contributed by atoms with Crippen LogP contribution in [-0.4, -0.2) is 22.3 Å². The number of aromatic nitrogens is 1. The van der Waals surface area contributed by atoms with E-state index in [-0.39, 0.29) is 11.9 Å². The van der Waals surface area contributed by atoms with E-state index in [0.717, 1.165) is 29.4 Å². The molecule has 1 saturated heterocycles. The molecule has 0 aliphatic carbocycles. The standard InChI is InChI=1S/C12H13BrN2O/c1-2-12(16)15-5-3-4-11(15)9-6-10(13)8-14-7-9/h2,6-8,11H,1,3-5H2. The Hall–Kier alpha value is -1.16. The smallest absolute Gasteiger partial charge is 0.246 e. The summed E-state index contributed by atoms with van der Waals surface area (Å²) in [7, 11) is 0. The number of amides is 1. The van der Waals surface area contributed by atoms with Gasteiger partial charge in [-0.2, -0.15) is 0 Å². The van der Waals surface area contributed by atoms with Crippen LogP contribution in [-0.2, 0) is 4.79 Å². The summed E-state index contributed by atoms with van der Waals surface area (Å²) in [5, 5.41) is 0. The Bertz CT molecular complexity index is 419. The molecule has 1 aliphatic rings. The van der Waals surface area contributed by atoms with Gasteiger partial charge < -0.3 is 4.90 Å². The number of rotatable bonds is 2. The number of hydrogen-bond acceptors (Lipinski definition) is 2. The molecule has 1 unspecified atom stereocenters. The van der Waals surface area contributed by atoms with Crippen molar-refractivity contribution in [1.82, 2.24) is 9.88 Å². The first-order valence-electron chi connectivity index (χ1n) is 5.26. The fourth-order valence-electron chi connectivity index (χ4n) is 2.10. The van der Waals surface area contributed by atoms with Crippen LogP contribution in [0.3, 0.4) is 0 Å². The monoisotopic (exact) mass is 280 g/mol. The first kappa shape index (κ1) is 11.3. The average Bonchev–Trinajstić information content (AvgIpc) is 2.77. The van der Waals surface area contributed by atoms with Crippen LogP contribution in [0.5, 0.6) is 0 Å². The van der Waals surface area contributed by atoms with Crippen LogP contribution in [0, 0.1) is 0 Å². The predicted octanol–water partition coefficient (Wildman–Crippen LogP) is 2.69. The van der Waals surface area contributed by atoms with Gasteiger partial charge in [0.2, 0.25) is 5.91 Å². The molecule has 84 valence electrons. The van der Waals surface area contributed by atoms with Crippen molar-refractivity contribution in [3.63, 3.8) is 0 Å². The molecule has 1 fully saturated rings. The van der Waals surface area contributed by atoms with E-state index in [1.54, 1.807) is 6.20 Å². The molecule has 0 aromatic carbocycles. The zero-order valence-corrected chi connectivity index (χ0v) is 10.5. The number of pyridine rings is 1. The zero-order valence-electron chi connectivity index (χ0n) is 8.90. The van der Waals surface area contributed by atoms with E-state index in [0.29, 0.717) is 0 Å². The molecular weight excluding hydrogens is 268 g/mol. The Morgan fingerprint density at radius 1 is 1.62 bits per heavy atom. The van der Waals surface area contributed by atoms with Crippen LogP contribution >= 0.6 is 15.9 Å². The molecular formula is C12H13BrN2O. The van der Waals surface area contributed by atoms with Gasteiger partial charge >= 0.3 is 0 Å². The summed E-state index contributed by atoms with van der Waals surface area (Å²) in [6.07, 6.45) is 6.99. The zero-order chi connectivity index (χ0) is 11.5. The molecule has 0 bridgehead atoms. The summed E-state index contributed by atoms with van der Waals surface area (Å²) >= 11 is 3.40. The van der Waals surface area contributed by atoms with Crippen molar-refractivity contribution in [1.29, 1.82) is 0 Å². The van der Waals surface area contributed by atoms with E-state index in [4.69, 9.17) is 0 Å². The summed E-state index contributed by atoms with van der Waals surface area (Å²) in [5.41, 5.74) is 1.09. The quantitative estimate of drug-likeness (QED) is 0.781. The number of carbonyl (C=O) groups is 1. The number of nitrogens with zero attached hydrogens (tertiary/aromatic N) is 2. The highest BCUT2D eigenvalue weighted by molar-refractivity contribution is 9.10. The van der Waals surface area contributed by atoms with Crippen molar-refractivity contribution < 1.29 is 4.79 Å². The fourth-order valence-corrected chi connectivity index (χ4v) is 2.49. The second-order valence-corrected chi connectivity index (χ2v) is 4.75. The summed E-state index contributed by atoms with van der Waals surface area (Å²) in [6.45, 7) is 4.34. The molecule has 0 N–H and O–H groups in total.